The van der Waals surface area contributed by atoms with Gasteiger partial charge in [-0.15, -0.1) is 0 Å². The first kappa shape index (κ1) is 63.4. The lowest BCUT2D eigenvalue weighted by atomic mass is 9.98. The predicted molar refractivity (Wildman–Crippen MR) is 266 cm³/mol. The van der Waals surface area contributed by atoms with E-state index in [9.17, 15) is 45.3 Å². The standard InChI is InChI=1S/C54H100O15/c1-3-5-7-9-11-13-15-17-18-19-20-21-22-23-24-25-27-28-30-32-34-36-45(56)64-39-42(67-46(57)37-35-33-31-29-26-16-14-12-10-8-6-4-2)40-65-53-52(63)50(61)48(59)44(69-53)41-66-54-51(62)49(60)47(58)43(38-55)68-54/h12,14,42-44,47-55,58-63H,3-11,13,15-41H2,1-2H3/b14-12+/t42-,43+,44+,47-,48-,49?,50?,51?,52?,53+,54+/m0/s1. The van der Waals surface area contributed by atoms with Crippen molar-refractivity contribution in [1.29, 1.82) is 0 Å². The van der Waals surface area contributed by atoms with Crippen LogP contribution in [-0.4, -0.2) is 142 Å². The van der Waals surface area contributed by atoms with Gasteiger partial charge in [-0.25, -0.2) is 0 Å². The van der Waals surface area contributed by atoms with Gasteiger partial charge in [0.25, 0.3) is 0 Å². The van der Waals surface area contributed by atoms with E-state index >= 15 is 0 Å². The number of unbranched alkanes of at least 4 members (excludes halogenated alkanes) is 28. The summed E-state index contributed by atoms with van der Waals surface area (Å²) in [4.78, 5) is 25.8. The summed E-state index contributed by atoms with van der Waals surface area (Å²) >= 11 is 0. The van der Waals surface area contributed by atoms with E-state index < -0.39 is 92.7 Å². The Balaban J connectivity index is 1.73. The molecule has 4 unspecified atom stereocenters. The van der Waals surface area contributed by atoms with E-state index in [1.807, 2.05) is 0 Å². The first-order valence-corrected chi connectivity index (χ1v) is 27.8. The molecule has 11 atom stereocenters. The zero-order valence-corrected chi connectivity index (χ0v) is 43.1. The lowest BCUT2D eigenvalue weighted by Gasteiger charge is -2.42. The molecule has 0 saturated carbocycles. The number of carbonyl (C=O) groups excluding carboxylic acids is 2. The Morgan fingerprint density at radius 3 is 1.30 bits per heavy atom. The maximum atomic E-state index is 13.0. The van der Waals surface area contributed by atoms with Crippen molar-refractivity contribution in [3.05, 3.63) is 12.2 Å². The van der Waals surface area contributed by atoms with Gasteiger partial charge in [-0.2, -0.15) is 0 Å². The molecule has 0 aromatic heterocycles. The Hall–Kier alpha value is -1.76. The largest absolute Gasteiger partial charge is 0.462 e. The van der Waals surface area contributed by atoms with Gasteiger partial charge in [0.2, 0.25) is 0 Å². The van der Waals surface area contributed by atoms with Gasteiger partial charge in [-0.05, 0) is 38.5 Å². The second-order valence-electron chi connectivity index (χ2n) is 19.8. The van der Waals surface area contributed by atoms with Crippen LogP contribution in [0.3, 0.4) is 0 Å². The van der Waals surface area contributed by atoms with Crippen LogP contribution in [-0.2, 0) is 38.0 Å². The molecule has 2 aliphatic rings. The van der Waals surface area contributed by atoms with Crippen molar-refractivity contribution in [2.45, 2.75) is 293 Å². The SMILES string of the molecule is CCCCC/C=C/CCCCCCCC(=O)O[C@@H](COC(=O)CCCCCCCCCCCCCCCCCCCCCCC)CO[C@@H]1O[C@H](CO[C@@H]2O[C@H](CO)[C@H](O)C(O)C2O)[C@H](O)C(O)C1O. The number of allylic oxidation sites excluding steroid dienone is 2. The van der Waals surface area contributed by atoms with E-state index in [4.69, 9.17) is 28.4 Å². The Morgan fingerprint density at radius 1 is 0.449 bits per heavy atom. The summed E-state index contributed by atoms with van der Waals surface area (Å²) in [7, 11) is 0. The fourth-order valence-electron chi connectivity index (χ4n) is 8.92. The molecule has 0 aliphatic carbocycles. The molecule has 0 amide bonds. The number of rotatable bonds is 44. The zero-order chi connectivity index (χ0) is 50.3. The fourth-order valence-corrected chi connectivity index (χ4v) is 8.92. The minimum absolute atomic E-state index is 0.159. The average molecular weight is 989 g/mol. The molecule has 0 spiro atoms. The summed E-state index contributed by atoms with van der Waals surface area (Å²) in [6.07, 6.45) is 25.3. The first-order valence-electron chi connectivity index (χ1n) is 27.8. The van der Waals surface area contributed by atoms with E-state index in [0.717, 1.165) is 57.8 Å². The van der Waals surface area contributed by atoms with Crippen molar-refractivity contribution in [2.75, 3.05) is 26.4 Å². The second-order valence-corrected chi connectivity index (χ2v) is 19.8. The lowest BCUT2D eigenvalue weighted by Crippen LogP contribution is -2.61. The van der Waals surface area contributed by atoms with E-state index in [1.54, 1.807) is 0 Å². The summed E-state index contributed by atoms with van der Waals surface area (Å²) in [5, 5.41) is 72.1. The molecule has 2 heterocycles. The molecule has 2 aliphatic heterocycles. The molecular formula is C54H100O15. The number of hydrogen-bond acceptors (Lipinski definition) is 15. The third-order valence-corrected chi connectivity index (χ3v) is 13.5. The van der Waals surface area contributed by atoms with Crippen molar-refractivity contribution in [3.63, 3.8) is 0 Å². The molecule has 15 heteroatoms. The maximum Gasteiger partial charge on any atom is 0.306 e. The topological polar surface area (TPSA) is 231 Å². The van der Waals surface area contributed by atoms with E-state index in [2.05, 4.69) is 26.0 Å². The molecule has 0 aromatic carbocycles. The quantitative estimate of drug-likeness (QED) is 0.0172. The number of ether oxygens (including phenoxy) is 6. The Kier molecular flexibility index (Phi) is 38.3. The number of esters is 2. The van der Waals surface area contributed by atoms with Crippen LogP contribution in [0.1, 0.15) is 226 Å². The summed E-state index contributed by atoms with van der Waals surface area (Å²) in [6.45, 7) is 2.59. The van der Waals surface area contributed by atoms with Gasteiger partial charge in [0, 0.05) is 12.8 Å². The van der Waals surface area contributed by atoms with E-state index in [0.29, 0.717) is 12.8 Å². The van der Waals surface area contributed by atoms with E-state index in [1.165, 1.54) is 128 Å². The molecule has 2 saturated heterocycles. The molecule has 15 nitrogen and oxygen atoms in total. The molecule has 2 rings (SSSR count). The molecule has 0 aromatic rings. The Labute approximate surface area is 416 Å². The normalized spacial score (nSPS) is 25.6. The summed E-state index contributed by atoms with van der Waals surface area (Å²) in [5.41, 5.74) is 0. The molecule has 0 radical (unpaired) electrons. The Bertz CT molecular complexity index is 1250. The second kappa shape index (κ2) is 41.7. The highest BCUT2D eigenvalue weighted by Gasteiger charge is 2.47. The van der Waals surface area contributed by atoms with Gasteiger partial charge in [-0.1, -0.05) is 187 Å². The molecule has 406 valence electrons. The maximum absolute atomic E-state index is 13.0. The third kappa shape index (κ3) is 29.5. The highest BCUT2D eigenvalue weighted by atomic mass is 16.7. The van der Waals surface area contributed by atoms with Crippen LogP contribution in [0.2, 0.25) is 0 Å². The van der Waals surface area contributed by atoms with Crippen molar-refractivity contribution in [1.82, 2.24) is 0 Å². The fraction of sp³-hybridized carbons (Fsp3) is 0.926. The molecule has 0 bridgehead atoms. The van der Waals surface area contributed by atoms with Crippen LogP contribution in [0.15, 0.2) is 12.2 Å². The van der Waals surface area contributed by atoms with Crippen molar-refractivity contribution >= 4 is 11.9 Å². The smallest absolute Gasteiger partial charge is 0.306 e. The number of hydrogen-bond donors (Lipinski definition) is 7. The minimum Gasteiger partial charge on any atom is -0.462 e. The first-order chi connectivity index (χ1) is 33.5. The molecule has 2 fully saturated rings. The van der Waals surface area contributed by atoms with Gasteiger partial charge in [-0.3, -0.25) is 9.59 Å². The third-order valence-electron chi connectivity index (χ3n) is 13.5. The van der Waals surface area contributed by atoms with Crippen LogP contribution < -0.4 is 0 Å². The highest BCUT2D eigenvalue weighted by molar-refractivity contribution is 5.70. The van der Waals surface area contributed by atoms with Gasteiger partial charge in [0.15, 0.2) is 18.7 Å². The van der Waals surface area contributed by atoms with Crippen LogP contribution >= 0.6 is 0 Å². The van der Waals surface area contributed by atoms with Crippen LogP contribution in [0.25, 0.3) is 0 Å². The van der Waals surface area contributed by atoms with Gasteiger partial charge in [0.1, 0.15) is 55.4 Å². The highest BCUT2D eigenvalue weighted by Crippen LogP contribution is 2.27. The van der Waals surface area contributed by atoms with Crippen molar-refractivity contribution in [3.8, 4) is 0 Å². The summed E-state index contributed by atoms with van der Waals surface area (Å²) in [6, 6.07) is 0. The van der Waals surface area contributed by atoms with Crippen molar-refractivity contribution in [2.24, 2.45) is 0 Å². The van der Waals surface area contributed by atoms with Crippen molar-refractivity contribution < 1.29 is 73.8 Å². The van der Waals surface area contributed by atoms with Gasteiger partial charge in [0.05, 0.1) is 19.8 Å². The molecule has 7 N–H and O–H groups in total. The van der Waals surface area contributed by atoms with Gasteiger partial charge >= 0.3 is 11.9 Å². The summed E-state index contributed by atoms with van der Waals surface area (Å²) in [5.74, 6) is -0.923. The lowest BCUT2D eigenvalue weighted by molar-refractivity contribution is -0.332. The van der Waals surface area contributed by atoms with Gasteiger partial charge < -0.3 is 64.2 Å². The molecule has 69 heavy (non-hydrogen) atoms. The number of aliphatic hydroxyl groups is 7. The predicted octanol–water partition coefficient (Wildman–Crippen LogP) is 8.55. The monoisotopic (exact) mass is 989 g/mol. The van der Waals surface area contributed by atoms with E-state index in [-0.39, 0.29) is 26.1 Å². The number of carbonyl (C=O) groups is 2. The van der Waals surface area contributed by atoms with Crippen LogP contribution in [0.5, 0.6) is 0 Å². The minimum atomic E-state index is -1.76. The average Bonchev–Trinajstić information content (AvgIpc) is 3.34. The summed E-state index contributed by atoms with van der Waals surface area (Å²) < 4.78 is 33.6. The number of aliphatic hydroxyl groups excluding tert-OH is 7. The Morgan fingerprint density at radius 2 is 0.826 bits per heavy atom. The van der Waals surface area contributed by atoms with Crippen LogP contribution in [0.4, 0.5) is 0 Å². The molecular weight excluding hydrogens is 889 g/mol. The zero-order valence-electron chi connectivity index (χ0n) is 43.1. The van der Waals surface area contributed by atoms with Crippen LogP contribution in [0, 0.1) is 0 Å².